The molecule has 6 heteroatoms. The summed E-state index contributed by atoms with van der Waals surface area (Å²) in [6, 6.07) is 5.89. The van der Waals surface area contributed by atoms with Gasteiger partial charge in [-0.25, -0.2) is 0 Å². The summed E-state index contributed by atoms with van der Waals surface area (Å²) in [4.78, 5) is 36.9. The highest BCUT2D eigenvalue weighted by atomic mass is 16.3. The van der Waals surface area contributed by atoms with E-state index in [1.54, 1.807) is 31.2 Å². The summed E-state index contributed by atoms with van der Waals surface area (Å²) in [6.45, 7) is 1.73. The molecule has 0 aliphatic carbocycles. The largest absolute Gasteiger partial charge is 0.369 e. The van der Waals surface area contributed by atoms with Crippen molar-refractivity contribution >= 4 is 17.7 Å². The summed E-state index contributed by atoms with van der Waals surface area (Å²) >= 11 is 0. The van der Waals surface area contributed by atoms with Crippen molar-refractivity contribution in [1.82, 2.24) is 10.2 Å². The lowest BCUT2D eigenvalue weighted by molar-refractivity contribution is -0.142. The standard InChI is InChI=1S/C14H14N2O4/c1-7-6-10(17)15-12(18)11(7)16-13(19)8-4-2-3-5-9(8)14(16)20/h2-5,7,11,13,19H,6H2,1H3,(H,15,17,18)/t7-,11+,13?/m0/s1. The van der Waals surface area contributed by atoms with E-state index in [1.165, 1.54) is 0 Å². The predicted octanol–water partition coefficient (Wildman–Crippen LogP) is 0.184. The van der Waals surface area contributed by atoms with Crippen molar-refractivity contribution in [3.05, 3.63) is 35.4 Å². The van der Waals surface area contributed by atoms with Crippen LogP contribution in [0.25, 0.3) is 0 Å². The van der Waals surface area contributed by atoms with Crippen molar-refractivity contribution in [3.8, 4) is 0 Å². The van der Waals surface area contributed by atoms with E-state index in [4.69, 9.17) is 0 Å². The van der Waals surface area contributed by atoms with Crippen LogP contribution in [0.4, 0.5) is 0 Å². The summed E-state index contributed by atoms with van der Waals surface area (Å²) in [6.07, 6.45) is -0.992. The Balaban J connectivity index is 1.98. The second-order valence-electron chi connectivity index (χ2n) is 5.21. The molecule has 1 unspecified atom stereocenters. The molecular formula is C14H14N2O4. The van der Waals surface area contributed by atoms with Gasteiger partial charge in [-0.05, 0) is 12.0 Å². The Morgan fingerprint density at radius 3 is 2.60 bits per heavy atom. The molecule has 3 rings (SSSR count). The molecule has 1 aromatic rings. The number of benzene rings is 1. The molecule has 2 N–H and O–H groups in total. The third-order valence-corrected chi connectivity index (χ3v) is 3.84. The second-order valence-corrected chi connectivity index (χ2v) is 5.21. The number of aliphatic hydroxyl groups is 1. The van der Waals surface area contributed by atoms with Gasteiger partial charge in [0.05, 0.1) is 0 Å². The van der Waals surface area contributed by atoms with E-state index in [0.29, 0.717) is 11.1 Å². The molecule has 104 valence electrons. The number of nitrogens with one attached hydrogen (secondary N) is 1. The van der Waals surface area contributed by atoms with Crippen LogP contribution in [-0.2, 0) is 9.59 Å². The molecule has 6 nitrogen and oxygen atoms in total. The first-order valence-corrected chi connectivity index (χ1v) is 6.44. The molecule has 2 aliphatic heterocycles. The number of carbonyl (C=O) groups is 3. The molecule has 3 amide bonds. The lowest BCUT2D eigenvalue weighted by atomic mass is 9.92. The van der Waals surface area contributed by atoms with Crippen molar-refractivity contribution < 1.29 is 19.5 Å². The van der Waals surface area contributed by atoms with Gasteiger partial charge in [-0.3, -0.25) is 24.6 Å². The highest BCUT2D eigenvalue weighted by Crippen LogP contribution is 2.36. The third-order valence-electron chi connectivity index (χ3n) is 3.84. The third kappa shape index (κ3) is 1.72. The summed E-state index contributed by atoms with van der Waals surface area (Å²) in [7, 11) is 0. The van der Waals surface area contributed by atoms with Crippen molar-refractivity contribution in [2.75, 3.05) is 0 Å². The number of hydrogen-bond donors (Lipinski definition) is 2. The molecule has 3 atom stereocenters. The van der Waals surface area contributed by atoms with Gasteiger partial charge in [-0.2, -0.15) is 0 Å². The van der Waals surface area contributed by atoms with E-state index >= 15 is 0 Å². The highest BCUT2D eigenvalue weighted by molar-refractivity contribution is 6.05. The Kier molecular flexibility index (Phi) is 2.83. The van der Waals surface area contributed by atoms with Gasteiger partial charge in [0.2, 0.25) is 11.8 Å². The number of imide groups is 1. The zero-order chi connectivity index (χ0) is 14.4. The van der Waals surface area contributed by atoms with Crippen LogP contribution in [0.15, 0.2) is 24.3 Å². The van der Waals surface area contributed by atoms with Crippen LogP contribution < -0.4 is 5.32 Å². The fourth-order valence-corrected chi connectivity index (χ4v) is 2.92. The van der Waals surface area contributed by atoms with Crippen LogP contribution in [-0.4, -0.2) is 33.8 Å². The minimum Gasteiger partial charge on any atom is -0.369 e. The van der Waals surface area contributed by atoms with Crippen LogP contribution in [0.3, 0.4) is 0 Å². The van der Waals surface area contributed by atoms with Crippen LogP contribution >= 0.6 is 0 Å². The maximum absolute atomic E-state index is 12.4. The molecule has 2 heterocycles. The number of carbonyl (C=O) groups excluding carboxylic acids is 3. The van der Waals surface area contributed by atoms with Gasteiger partial charge in [-0.1, -0.05) is 25.1 Å². The monoisotopic (exact) mass is 274 g/mol. The van der Waals surface area contributed by atoms with E-state index in [9.17, 15) is 19.5 Å². The molecule has 0 aromatic heterocycles. The Hall–Kier alpha value is -2.21. The molecule has 2 aliphatic rings. The average Bonchev–Trinajstić information content (AvgIpc) is 2.64. The van der Waals surface area contributed by atoms with E-state index < -0.39 is 18.2 Å². The lowest BCUT2D eigenvalue weighted by Crippen LogP contribution is -2.57. The Morgan fingerprint density at radius 2 is 1.95 bits per heavy atom. The van der Waals surface area contributed by atoms with Crippen LogP contribution in [0.5, 0.6) is 0 Å². The van der Waals surface area contributed by atoms with Crippen molar-refractivity contribution in [2.24, 2.45) is 5.92 Å². The van der Waals surface area contributed by atoms with Gasteiger partial charge in [0.25, 0.3) is 5.91 Å². The minimum absolute atomic E-state index is 0.156. The fourth-order valence-electron chi connectivity index (χ4n) is 2.92. The van der Waals surface area contributed by atoms with Crippen molar-refractivity contribution in [2.45, 2.75) is 25.6 Å². The SMILES string of the molecule is C[C@H]1CC(=O)NC(=O)[C@@H]1N1C(=O)c2ccccc2C1O. The van der Waals surface area contributed by atoms with Gasteiger partial charge in [-0.15, -0.1) is 0 Å². The number of amides is 3. The first-order chi connectivity index (χ1) is 9.50. The van der Waals surface area contributed by atoms with Crippen molar-refractivity contribution in [3.63, 3.8) is 0 Å². The van der Waals surface area contributed by atoms with Gasteiger partial charge < -0.3 is 5.11 Å². The van der Waals surface area contributed by atoms with Gasteiger partial charge in [0.1, 0.15) is 6.04 Å². The zero-order valence-corrected chi connectivity index (χ0v) is 10.9. The quantitative estimate of drug-likeness (QED) is 0.715. The molecule has 0 bridgehead atoms. The number of nitrogens with zero attached hydrogens (tertiary/aromatic N) is 1. The van der Waals surface area contributed by atoms with E-state index in [1.807, 2.05) is 0 Å². The highest BCUT2D eigenvalue weighted by Gasteiger charge is 2.46. The zero-order valence-electron chi connectivity index (χ0n) is 10.9. The van der Waals surface area contributed by atoms with E-state index in [2.05, 4.69) is 5.32 Å². The normalized spacial score (nSPS) is 29.4. The summed E-state index contributed by atoms with van der Waals surface area (Å²) in [5.41, 5.74) is 0.895. The molecule has 0 radical (unpaired) electrons. The Morgan fingerprint density at radius 1 is 1.25 bits per heavy atom. The molecule has 0 spiro atoms. The topological polar surface area (TPSA) is 86.7 Å². The van der Waals surface area contributed by atoms with Gasteiger partial charge in [0, 0.05) is 17.5 Å². The number of hydrogen-bond acceptors (Lipinski definition) is 4. The number of rotatable bonds is 1. The smallest absolute Gasteiger partial charge is 0.257 e. The molecule has 1 saturated heterocycles. The number of fused-ring (bicyclic) bond motifs is 1. The van der Waals surface area contributed by atoms with Crippen LogP contribution in [0.1, 0.15) is 35.5 Å². The predicted molar refractivity (Wildman–Crippen MR) is 68.3 cm³/mol. The Labute approximate surface area is 115 Å². The first kappa shape index (κ1) is 12.8. The molecule has 1 aromatic carbocycles. The number of aliphatic hydroxyl groups excluding tert-OH is 1. The molecular weight excluding hydrogens is 260 g/mol. The summed E-state index contributed by atoms with van der Waals surface area (Å²) in [5, 5.41) is 12.5. The maximum atomic E-state index is 12.4. The van der Waals surface area contributed by atoms with Crippen molar-refractivity contribution in [1.29, 1.82) is 0 Å². The maximum Gasteiger partial charge on any atom is 0.257 e. The summed E-state index contributed by atoms with van der Waals surface area (Å²) < 4.78 is 0. The molecule has 1 fully saturated rings. The average molecular weight is 274 g/mol. The van der Waals surface area contributed by atoms with Crippen LogP contribution in [0.2, 0.25) is 0 Å². The minimum atomic E-state index is -1.15. The second kappa shape index (κ2) is 4.42. The van der Waals surface area contributed by atoms with E-state index in [0.717, 1.165) is 4.90 Å². The number of piperidine rings is 1. The first-order valence-electron chi connectivity index (χ1n) is 6.44. The Bertz CT molecular complexity index is 613. The fraction of sp³-hybridized carbons (Fsp3) is 0.357. The van der Waals surface area contributed by atoms with E-state index in [-0.39, 0.29) is 24.2 Å². The molecule has 0 saturated carbocycles. The van der Waals surface area contributed by atoms with Gasteiger partial charge >= 0.3 is 0 Å². The molecule has 20 heavy (non-hydrogen) atoms. The van der Waals surface area contributed by atoms with Gasteiger partial charge in [0.15, 0.2) is 6.23 Å². The lowest BCUT2D eigenvalue weighted by Gasteiger charge is -2.36. The van der Waals surface area contributed by atoms with Crippen LogP contribution in [0, 0.1) is 5.92 Å². The summed E-state index contributed by atoms with van der Waals surface area (Å²) in [5.74, 6) is -1.59.